The van der Waals surface area contributed by atoms with Crippen molar-refractivity contribution in [2.45, 2.75) is 6.10 Å². The second-order valence-electron chi connectivity index (χ2n) is 2.60. The highest BCUT2D eigenvalue weighted by atomic mass is 16.4. The highest BCUT2D eigenvalue weighted by molar-refractivity contribution is 5.76. The molecule has 0 heterocycles. The second-order valence-corrected chi connectivity index (χ2v) is 2.60. The highest BCUT2D eigenvalue weighted by Crippen LogP contribution is 1.85. The predicted octanol–water partition coefficient (Wildman–Crippen LogP) is -1.29. The Hall–Kier alpha value is -1.74. The van der Waals surface area contributed by atoms with E-state index in [1.54, 1.807) is 0 Å². The molecule has 3 N–H and O–H groups in total. The van der Waals surface area contributed by atoms with Gasteiger partial charge in [0.15, 0.2) is 6.10 Å². The molecule has 0 aromatic rings. The minimum atomic E-state index is -1.60. The van der Waals surface area contributed by atoms with Crippen LogP contribution in [0.2, 0.25) is 0 Å². The summed E-state index contributed by atoms with van der Waals surface area (Å²) in [6.45, 7) is -0.224. The van der Waals surface area contributed by atoms with Crippen molar-refractivity contribution in [1.82, 2.24) is 10.2 Å². The number of aliphatic hydroxyl groups excluding tert-OH is 1. The quantitative estimate of drug-likeness (QED) is 0.492. The largest absolute Gasteiger partial charge is 0.479 e. The molecule has 0 aliphatic heterocycles. The number of aliphatic carboxylic acids is 1. The zero-order valence-corrected chi connectivity index (χ0v) is 7.73. The number of amides is 2. The Morgan fingerprint density at radius 2 is 2.21 bits per heavy atom. The Kier molecular flexibility index (Phi) is 5.10. The van der Waals surface area contributed by atoms with E-state index < -0.39 is 18.1 Å². The number of urea groups is 1. The molecule has 0 radical (unpaired) electrons. The maximum absolute atomic E-state index is 11.1. The van der Waals surface area contributed by atoms with Gasteiger partial charge in [0.1, 0.15) is 0 Å². The first-order valence-corrected chi connectivity index (χ1v) is 3.82. The van der Waals surface area contributed by atoms with Crippen molar-refractivity contribution in [1.29, 1.82) is 0 Å². The number of carbonyl (C=O) groups excluding carboxylic acids is 1. The van der Waals surface area contributed by atoms with Gasteiger partial charge in [-0.15, -0.1) is 6.42 Å². The lowest BCUT2D eigenvalue weighted by atomic mass is 10.3. The molecular formula is C8H12N2O4. The zero-order chi connectivity index (χ0) is 11.1. The third-order valence-corrected chi connectivity index (χ3v) is 1.41. The van der Waals surface area contributed by atoms with E-state index in [0.29, 0.717) is 0 Å². The third-order valence-electron chi connectivity index (χ3n) is 1.41. The fraction of sp³-hybridized carbons (Fsp3) is 0.500. The first-order chi connectivity index (χ1) is 6.49. The molecule has 0 aromatic carbocycles. The standard InChI is InChI=1S/C8H12N2O4/c1-3-4-10(2)8(14)9-5-6(11)7(12)13/h1,6,11H,4-5H2,2H3,(H,9,14)(H,12,13). The first kappa shape index (κ1) is 12.3. The molecule has 1 unspecified atom stereocenters. The fourth-order valence-electron chi connectivity index (χ4n) is 0.615. The van der Waals surface area contributed by atoms with Crippen molar-refractivity contribution in [3.8, 4) is 12.3 Å². The van der Waals surface area contributed by atoms with E-state index in [-0.39, 0.29) is 13.1 Å². The van der Waals surface area contributed by atoms with E-state index in [1.165, 1.54) is 11.9 Å². The summed E-state index contributed by atoms with van der Waals surface area (Å²) in [6, 6.07) is -0.525. The molecule has 0 spiro atoms. The average Bonchev–Trinajstić information content (AvgIpc) is 2.13. The Balaban J connectivity index is 3.85. The van der Waals surface area contributed by atoms with Gasteiger partial charge in [-0.25, -0.2) is 9.59 Å². The number of nitrogens with zero attached hydrogens (tertiary/aromatic N) is 1. The van der Waals surface area contributed by atoms with Gasteiger partial charge in [0.2, 0.25) is 0 Å². The number of terminal acetylenes is 1. The van der Waals surface area contributed by atoms with Crippen molar-refractivity contribution < 1.29 is 19.8 Å². The maximum atomic E-state index is 11.1. The second kappa shape index (κ2) is 5.83. The number of nitrogens with one attached hydrogen (secondary N) is 1. The summed E-state index contributed by atoms with van der Waals surface area (Å²) in [5, 5.41) is 19.3. The van der Waals surface area contributed by atoms with E-state index in [4.69, 9.17) is 16.6 Å². The van der Waals surface area contributed by atoms with Crippen molar-refractivity contribution in [2.75, 3.05) is 20.1 Å². The summed E-state index contributed by atoms with van der Waals surface area (Å²) in [4.78, 5) is 22.4. The number of carboxylic acids is 1. The number of aliphatic hydroxyl groups is 1. The minimum absolute atomic E-state index is 0.120. The molecule has 0 bridgehead atoms. The summed E-state index contributed by atoms with van der Waals surface area (Å²) >= 11 is 0. The molecule has 0 rings (SSSR count). The van der Waals surface area contributed by atoms with Crippen LogP contribution in [0.4, 0.5) is 4.79 Å². The van der Waals surface area contributed by atoms with Crippen LogP contribution >= 0.6 is 0 Å². The smallest absolute Gasteiger partial charge is 0.334 e. The Morgan fingerprint density at radius 1 is 1.64 bits per heavy atom. The molecule has 0 aliphatic rings. The molecule has 6 heteroatoms. The van der Waals surface area contributed by atoms with Crippen LogP contribution in [0.3, 0.4) is 0 Å². The van der Waals surface area contributed by atoms with Crippen LogP contribution in [0.15, 0.2) is 0 Å². The topological polar surface area (TPSA) is 89.9 Å². The van der Waals surface area contributed by atoms with E-state index >= 15 is 0 Å². The number of carboxylic acid groups (broad SMARTS) is 1. The molecule has 0 aromatic heterocycles. The third kappa shape index (κ3) is 4.33. The van der Waals surface area contributed by atoms with E-state index in [2.05, 4.69) is 11.2 Å². The number of rotatable bonds is 4. The van der Waals surface area contributed by atoms with Gasteiger partial charge in [0.25, 0.3) is 0 Å². The van der Waals surface area contributed by atoms with Crippen molar-refractivity contribution in [3.63, 3.8) is 0 Å². The molecule has 0 aliphatic carbocycles. The van der Waals surface area contributed by atoms with Gasteiger partial charge in [-0.2, -0.15) is 0 Å². The molecule has 2 amide bonds. The lowest BCUT2D eigenvalue weighted by Crippen LogP contribution is -2.42. The summed E-state index contributed by atoms with van der Waals surface area (Å²) in [5.41, 5.74) is 0. The Bertz CT molecular complexity index is 259. The lowest BCUT2D eigenvalue weighted by molar-refractivity contribution is -0.146. The van der Waals surface area contributed by atoms with Gasteiger partial charge in [-0.1, -0.05) is 5.92 Å². The Labute approximate surface area is 81.5 Å². The highest BCUT2D eigenvalue weighted by Gasteiger charge is 2.15. The van der Waals surface area contributed by atoms with Gasteiger partial charge < -0.3 is 20.4 Å². The molecule has 78 valence electrons. The van der Waals surface area contributed by atoms with Gasteiger partial charge >= 0.3 is 12.0 Å². The summed E-state index contributed by atoms with van der Waals surface area (Å²) in [6.07, 6.45) is 3.36. The van der Waals surface area contributed by atoms with Crippen LogP contribution in [-0.4, -0.2) is 53.4 Å². The molecule has 1 atom stereocenters. The van der Waals surface area contributed by atoms with Crippen LogP contribution < -0.4 is 5.32 Å². The lowest BCUT2D eigenvalue weighted by Gasteiger charge is -2.15. The van der Waals surface area contributed by atoms with Gasteiger partial charge in [0.05, 0.1) is 13.1 Å². The molecule has 0 saturated heterocycles. The first-order valence-electron chi connectivity index (χ1n) is 3.82. The van der Waals surface area contributed by atoms with Crippen molar-refractivity contribution >= 4 is 12.0 Å². The Morgan fingerprint density at radius 3 is 2.64 bits per heavy atom. The summed E-state index contributed by atoms with van der Waals surface area (Å²) in [7, 11) is 1.46. The van der Waals surface area contributed by atoms with Crippen LogP contribution in [0, 0.1) is 12.3 Å². The van der Waals surface area contributed by atoms with Gasteiger partial charge in [-0.05, 0) is 0 Å². The van der Waals surface area contributed by atoms with Crippen LogP contribution in [-0.2, 0) is 4.79 Å². The summed E-state index contributed by atoms with van der Waals surface area (Å²) < 4.78 is 0. The molecule has 14 heavy (non-hydrogen) atoms. The number of hydrogen-bond donors (Lipinski definition) is 3. The van der Waals surface area contributed by atoms with Gasteiger partial charge in [0, 0.05) is 7.05 Å². The van der Waals surface area contributed by atoms with Crippen LogP contribution in [0.5, 0.6) is 0 Å². The summed E-state index contributed by atoms with van der Waals surface area (Å²) in [5.74, 6) is 0.861. The van der Waals surface area contributed by atoms with E-state index in [9.17, 15) is 9.59 Å². The van der Waals surface area contributed by atoms with Crippen LogP contribution in [0.25, 0.3) is 0 Å². The van der Waals surface area contributed by atoms with Gasteiger partial charge in [-0.3, -0.25) is 0 Å². The monoisotopic (exact) mass is 200 g/mol. The normalized spacial score (nSPS) is 11.2. The average molecular weight is 200 g/mol. The maximum Gasteiger partial charge on any atom is 0.334 e. The number of hydrogen-bond acceptors (Lipinski definition) is 3. The van der Waals surface area contributed by atoms with E-state index in [1.807, 2.05) is 0 Å². The fourth-order valence-corrected chi connectivity index (χ4v) is 0.615. The number of carbonyl (C=O) groups is 2. The predicted molar refractivity (Wildman–Crippen MR) is 48.5 cm³/mol. The van der Waals surface area contributed by atoms with E-state index in [0.717, 1.165) is 0 Å². The molecule has 0 fully saturated rings. The van der Waals surface area contributed by atoms with Crippen molar-refractivity contribution in [3.05, 3.63) is 0 Å². The van der Waals surface area contributed by atoms with Crippen LogP contribution in [0.1, 0.15) is 0 Å². The van der Waals surface area contributed by atoms with Crippen molar-refractivity contribution in [2.24, 2.45) is 0 Å². The zero-order valence-electron chi connectivity index (χ0n) is 7.73. The SMILES string of the molecule is C#CCN(C)C(=O)NCC(O)C(=O)O. The molecular weight excluding hydrogens is 188 g/mol. The molecule has 0 saturated carbocycles. The minimum Gasteiger partial charge on any atom is -0.479 e. The molecule has 6 nitrogen and oxygen atoms in total.